The summed E-state index contributed by atoms with van der Waals surface area (Å²) in [4.78, 5) is 0. The molecular formula is C14H12Cl2O. The average Bonchev–Trinajstić information content (AvgIpc) is 2.35. The lowest BCUT2D eigenvalue weighted by atomic mass is 10.00. The van der Waals surface area contributed by atoms with Gasteiger partial charge in [0.15, 0.2) is 0 Å². The van der Waals surface area contributed by atoms with Gasteiger partial charge in [0.2, 0.25) is 0 Å². The molecule has 0 saturated heterocycles. The molecule has 1 N–H and O–H groups in total. The van der Waals surface area contributed by atoms with Gasteiger partial charge in [-0.1, -0.05) is 59.6 Å². The lowest BCUT2D eigenvalue weighted by molar-refractivity contribution is 0.220. The van der Waals surface area contributed by atoms with Crippen LogP contribution in [0, 0.1) is 6.92 Å². The summed E-state index contributed by atoms with van der Waals surface area (Å²) in [5, 5.41) is 11.3. The van der Waals surface area contributed by atoms with Gasteiger partial charge in [-0.3, -0.25) is 0 Å². The largest absolute Gasteiger partial charge is 0.384 e. The topological polar surface area (TPSA) is 20.2 Å². The van der Waals surface area contributed by atoms with E-state index >= 15 is 0 Å². The van der Waals surface area contributed by atoms with Crippen molar-refractivity contribution >= 4 is 23.2 Å². The second kappa shape index (κ2) is 5.09. The minimum atomic E-state index is -0.795. The molecule has 0 aliphatic rings. The summed E-state index contributed by atoms with van der Waals surface area (Å²) >= 11 is 12.3. The number of aryl methyl sites for hydroxylation is 1. The third-order valence-corrected chi connectivity index (χ3v) is 3.54. The third-order valence-electron chi connectivity index (χ3n) is 2.71. The Morgan fingerprint density at radius 2 is 1.65 bits per heavy atom. The van der Waals surface area contributed by atoms with Crippen molar-refractivity contribution in [1.29, 1.82) is 0 Å². The fourth-order valence-electron chi connectivity index (χ4n) is 1.73. The predicted octanol–water partition coefficient (Wildman–Crippen LogP) is 4.38. The van der Waals surface area contributed by atoms with E-state index in [2.05, 4.69) is 0 Å². The lowest BCUT2D eigenvalue weighted by Crippen LogP contribution is -2.02. The Morgan fingerprint density at radius 1 is 1.00 bits per heavy atom. The zero-order chi connectivity index (χ0) is 12.4. The van der Waals surface area contributed by atoms with Crippen LogP contribution >= 0.6 is 23.2 Å². The van der Waals surface area contributed by atoms with Crippen LogP contribution in [0.2, 0.25) is 10.0 Å². The molecule has 0 saturated carbocycles. The number of hydrogen-bond donors (Lipinski definition) is 1. The Morgan fingerprint density at radius 3 is 2.29 bits per heavy atom. The van der Waals surface area contributed by atoms with Gasteiger partial charge in [-0.2, -0.15) is 0 Å². The summed E-state index contributed by atoms with van der Waals surface area (Å²) < 4.78 is 0. The Labute approximate surface area is 111 Å². The standard InChI is InChI=1S/C14H12Cl2O/c1-9-7-8-11(15)12(13(9)16)14(17)10-5-3-2-4-6-10/h2-8,14,17H,1H3. The van der Waals surface area contributed by atoms with Crippen LogP contribution < -0.4 is 0 Å². The van der Waals surface area contributed by atoms with Crippen molar-refractivity contribution in [2.24, 2.45) is 0 Å². The van der Waals surface area contributed by atoms with Crippen molar-refractivity contribution in [3.8, 4) is 0 Å². The van der Waals surface area contributed by atoms with E-state index in [1.807, 2.05) is 43.3 Å². The summed E-state index contributed by atoms with van der Waals surface area (Å²) in [5.74, 6) is 0. The average molecular weight is 267 g/mol. The quantitative estimate of drug-likeness (QED) is 0.855. The van der Waals surface area contributed by atoms with E-state index in [1.54, 1.807) is 6.07 Å². The Balaban J connectivity index is 2.51. The van der Waals surface area contributed by atoms with Crippen LogP contribution in [-0.4, -0.2) is 5.11 Å². The molecule has 1 atom stereocenters. The van der Waals surface area contributed by atoms with Gasteiger partial charge in [-0.05, 0) is 24.1 Å². The maximum atomic E-state index is 10.3. The summed E-state index contributed by atoms with van der Waals surface area (Å²) in [5.41, 5.74) is 2.25. The molecule has 2 aromatic rings. The molecule has 0 bridgehead atoms. The van der Waals surface area contributed by atoms with Gasteiger partial charge in [0.25, 0.3) is 0 Å². The van der Waals surface area contributed by atoms with E-state index in [1.165, 1.54) is 0 Å². The number of benzene rings is 2. The van der Waals surface area contributed by atoms with Crippen molar-refractivity contribution in [3.63, 3.8) is 0 Å². The molecule has 1 unspecified atom stereocenters. The van der Waals surface area contributed by atoms with Crippen molar-refractivity contribution in [2.45, 2.75) is 13.0 Å². The van der Waals surface area contributed by atoms with Crippen molar-refractivity contribution < 1.29 is 5.11 Å². The van der Waals surface area contributed by atoms with Crippen LogP contribution in [0.3, 0.4) is 0 Å². The maximum absolute atomic E-state index is 10.3. The molecule has 0 fully saturated rings. The lowest BCUT2D eigenvalue weighted by Gasteiger charge is -2.16. The van der Waals surface area contributed by atoms with Crippen molar-refractivity contribution in [3.05, 3.63) is 69.2 Å². The van der Waals surface area contributed by atoms with Crippen LogP contribution in [0.4, 0.5) is 0 Å². The Bertz CT molecular complexity index is 523. The monoisotopic (exact) mass is 266 g/mol. The van der Waals surface area contributed by atoms with Gasteiger partial charge in [-0.25, -0.2) is 0 Å². The van der Waals surface area contributed by atoms with Gasteiger partial charge < -0.3 is 5.11 Å². The number of rotatable bonds is 2. The molecule has 2 aromatic carbocycles. The number of hydrogen-bond acceptors (Lipinski definition) is 1. The first kappa shape index (κ1) is 12.4. The zero-order valence-corrected chi connectivity index (χ0v) is 10.8. The summed E-state index contributed by atoms with van der Waals surface area (Å²) in [6, 6.07) is 12.9. The summed E-state index contributed by atoms with van der Waals surface area (Å²) in [6.45, 7) is 1.89. The highest BCUT2D eigenvalue weighted by molar-refractivity contribution is 6.36. The van der Waals surface area contributed by atoms with Crippen molar-refractivity contribution in [2.75, 3.05) is 0 Å². The van der Waals surface area contributed by atoms with Gasteiger partial charge in [-0.15, -0.1) is 0 Å². The van der Waals surface area contributed by atoms with E-state index in [0.717, 1.165) is 11.1 Å². The molecule has 0 amide bonds. The Hall–Kier alpha value is -1.02. The fourth-order valence-corrected chi connectivity index (χ4v) is 2.31. The number of aliphatic hydroxyl groups is 1. The minimum Gasteiger partial charge on any atom is -0.384 e. The van der Waals surface area contributed by atoms with Gasteiger partial charge in [0.05, 0.1) is 5.02 Å². The molecule has 3 heteroatoms. The first-order valence-corrected chi connectivity index (χ1v) is 6.04. The van der Waals surface area contributed by atoms with E-state index < -0.39 is 6.10 Å². The van der Waals surface area contributed by atoms with E-state index in [-0.39, 0.29) is 0 Å². The second-order valence-corrected chi connectivity index (χ2v) is 4.69. The first-order chi connectivity index (χ1) is 8.11. The molecule has 88 valence electrons. The molecule has 0 aliphatic carbocycles. The highest BCUT2D eigenvalue weighted by Crippen LogP contribution is 2.35. The Kier molecular flexibility index (Phi) is 3.72. The van der Waals surface area contributed by atoms with Crippen LogP contribution in [0.15, 0.2) is 42.5 Å². The third kappa shape index (κ3) is 2.47. The highest BCUT2D eigenvalue weighted by Gasteiger charge is 2.18. The number of halogens is 2. The molecule has 17 heavy (non-hydrogen) atoms. The fraction of sp³-hybridized carbons (Fsp3) is 0.143. The molecule has 0 heterocycles. The minimum absolute atomic E-state index is 0.483. The molecule has 0 aromatic heterocycles. The highest BCUT2D eigenvalue weighted by atomic mass is 35.5. The molecule has 1 nitrogen and oxygen atoms in total. The van der Waals surface area contributed by atoms with E-state index in [4.69, 9.17) is 23.2 Å². The predicted molar refractivity (Wildman–Crippen MR) is 71.7 cm³/mol. The van der Waals surface area contributed by atoms with Gasteiger partial charge >= 0.3 is 0 Å². The molecular weight excluding hydrogens is 255 g/mol. The van der Waals surface area contributed by atoms with Crippen LogP contribution in [0.25, 0.3) is 0 Å². The zero-order valence-electron chi connectivity index (χ0n) is 9.32. The smallest absolute Gasteiger partial charge is 0.107 e. The summed E-state index contributed by atoms with van der Waals surface area (Å²) in [6.07, 6.45) is -0.795. The summed E-state index contributed by atoms with van der Waals surface area (Å²) in [7, 11) is 0. The van der Waals surface area contributed by atoms with Crippen LogP contribution in [0.1, 0.15) is 22.8 Å². The normalized spacial score (nSPS) is 12.5. The second-order valence-electron chi connectivity index (χ2n) is 3.91. The molecule has 0 radical (unpaired) electrons. The van der Waals surface area contributed by atoms with Gasteiger partial charge in [0.1, 0.15) is 6.10 Å². The number of aliphatic hydroxyl groups excluding tert-OH is 1. The van der Waals surface area contributed by atoms with Crippen LogP contribution in [0.5, 0.6) is 0 Å². The molecule has 0 spiro atoms. The maximum Gasteiger partial charge on any atom is 0.107 e. The van der Waals surface area contributed by atoms with E-state index in [9.17, 15) is 5.11 Å². The molecule has 0 aliphatic heterocycles. The van der Waals surface area contributed by atoms with Gasteiger partial charge in [0, 0.05) is 10.6 Å². The van der Waals surface area contributed by atoms with E-state index in [0.29, 0.717) is 15.6 Å². The van der Waals surface area contributed by atoms with Crippen molar-refractivity contribution in [1.82, 2.24) is 0 Å². The molecule has 2 rings (SSSR count). The van der Waals surface area contributed by atoms with Crippen LogP contribution in [-0.2, 0) is 0 Å². The first-order valence-electron chi connectivity index (χ1n) is 5.28. The SMILES string of the molecule is Cc1ccc(Cl)c(C(O)c2ccccc2)c1Cl.